The lowest BCUT2D eigenvalue weighted by Crippen LogP contribution is -2.25. The number of hydrogen-bond acceptors (Lipinski definition) is 3. The third-order valence-electron chi connectivity index (χ3n) is 4.14. The summed E-state index contributed by atoms with van der Waals surface area (Å²) in [6, 6.07) is 6.17. The lowest BCUT2D eigenvalue weighted by atomic mass is 9.99. The van der Waals surface area contributed by atoms with Crippen molar-refractivity contribution in [2.24, 2.45) is 0 Å². The summed E-state index contributed by atoms with van der Waals surface area (Å²) in [5.41, 5.74) is 3.55. The molecule has 2 N–H and O–H groups in total. The maximum Gasteiger partial charge on any atom is 0.224 e. The van der Waals surface area contributed by atoms with Crippen LogP contribution in [-0.4, -0.2) is 25.2 Å². The average molecular weight is 274 g/mol. The molecule has 20 heavy (non-hydrogen) atoms. The molecule has 0 saturated carbocycles. The Bertz CT molecular complexity index is 481. The van der Waals surface area contributed by atoms with E-state index in [1.165, 1.54) is 11.1 Å². The summed E-state index contributed by atoms with van der Waals surface area (Å²) in [5, 5.41) is 6.42. The van der Waals surface area contributed by atoms with Gasteiger partial charge < -0.3 is 15.4 Å². The Morgan fingerprint density at radius 1 is 1.45 bits per heavy atom. The van der Waals surface area contributed by atoms with E-state index < -0.39 is 0 Å². The van der Waals surface area contributed by atoms with Gasteiger partial charge >= 0.3 is 0 Å². The highest BCUT2D eigenvalue weighted by molar-refractivity contribution is 5.91. The van der Waals surface area contributed by atoms with Crippen molar-refractivity contribution in [2.45, 2.75) is 44.8 Å². The molecule has 0 aromatic heterocycles. The molecule has 2 aliphatic heterocycles. The van der Waals surface area contributed by atoms with Crippen molar-refractivity contribution < 1.29 is 9.53 Å². The summed E-state index contributed by atoms with van der Waals surface area (Å²) in [7, 11) is 0. The van der Waals surface area contributed by atoms with Crippen LogP contribution in [0.25, 0.3) is 0 Å². The lowest BCUT2D eigenvalue weighted by molar-refractivity contribution is -0.116. The van der Waals surface area contributed by atoms with Crippen LogP contribution in [0.4, 0.5) is 5.69 Å². The van der Waals surface area contributed by atoms with Gasteiger partial charge in [-0.2, -0.15) is 0 Å². The second kappa shape index (κ2) is 6.37. The third kappa shape index (κ3) is 3.19. The van der Waals surface area contributed by atoms with Crippen LogP contribution >= 0.6 is 0 Å². The van der Waals surface area contributed by atoms with Gasteiger partial charge in [-0.15, -0.1) is 0 Å². The fraction of sp³-hybridized carbons (Fsp3) is 0.562. The molecule has 108 valence electrons. The minimum absolute atomic E-state index is 0.0967. The normalized spacial score (nSPS) is 21.5. The summed E-state index contributed by atoms with van der Waals surface area (Å²) in [6.07, 6.45) is 4.92. The van der Waals surface area contributed by atoms with Crippen LogP contribution in [0.3, 0.4) is 0 Å². The molecule has 1 aromatic rings. The molecule has 0 radical (unpaired) electrons. The predicted molar refractivity (Wildman–Crippen MR) is 78.7 cm³/mol. The zero-order chi connectivity index (χ0) is 13.8. The number of rotatable bonds is 4. The smallest absolute Gasteiger partial charge is 0.224 e. The first-order chi connectivity index (χ1) is 9.83. The topological polar surface area (TPSA) is 50.4 Å². The van der Waals surface area contributed by atoms with Gasteiger partial charge in [-0.05, 0) is 49.4 Å². The van der Waals surface area contributed by atoms with E-state index in [9.17, 15) is 4.79 Å². The Balaban J connectivity index is 1.58. The Kier molecular flexibility index (Phi) is 4.33. The van der Waals surface area contributed by atoms with E-state index in [2.05, 4.69) is 16.7 Å². The summed E-state index contributed by atoms with van der Waals surface area (Å²) in [5.74, 6) is 0.0967. The molecule has 0 bridgehead atoms. The van der Waals surface area contributed by atoms with E-state index in [1.807, 2.05) is 12.1 Å². The fourth-order valence-corrected chi connectivity index (χ4v) is 3.01. The fourth-order valence-electron chi connectivity index (χ4n) is 3.01. The number of benzene rings is 1. The van der Waals surface area contributed by atoms with Gasteiger partial charge in [-0.1, -0.05) is 12.1 Å². The van der Waals surface area contributed by atoms with Crippen LogP contribution in [0.5, 0.6) is 0 Å². The van der Waals surface area contributed by atoms with Gasteiger partial charge in [-0.3, -0.25) is 4.79 Å². The molecule has 4 nitrogen and oxygen atoms in total. The number of ether oxygens (including phenoxy) is 1. The highest BCUT2D eigenvalue weighted by Crippen LogP contribution is 2.23. The van der Waals surface area contributed by atoms with E-state index >= 15 is 0 Å². The zero-order valence-electron chi connectivity index (χ0n) is 11.8. The number of carbonyl (C=O) groups excluding carboxylic acids is 1. The summed E-state index contributed by atoms with van der Waals surface area (Å²) in [6.45, 7) is 2.71. The van der Waals surface area contributed by atoms with Crippen LogP contribution in [-0.2, 0) is 22.5 Å². The molecule has 2 aliphatic rings. The number of nitrogens with one attached hydrogen (secondary N) is 2. The van der Waals surface area contributed by atoms with Gasteiger partial charge in [-0.25, -0.2) is 0 Å². The molecule has 1 atom stereocenters. The van der Waals surface area contributed by atoms with Crippen LogP contribution in [0, 0.1) is 0 Å². The third-order valence-corrected chi connectivity index (χ3v) is 4.14. The molecule has 4 heteroatoms. The molecule has 2 heterocycles. The van der Waals surface area contributed by atoms with Gasteiger partial charge in [0.15, 0.2) is 0 Å². The summed E-state index contributed by atoms with van der Waals surface area (Å²) in [4.78, 5) is 12.1. The monoisotopic (exact) mass is 274 g/mol. The lowest BCUT2D eigenvalue weighted by Gasteiger charge is -2.20. The Labute approximate surface area is 119 Å². The number of hydrogen-bond donors (Lipinski definition) is 2. The molecule has 1 saturated heterocycles. The first kappa shape index (κ1) is 13.6. The maximum absolute atomic E-state index is 12.1. The van der Waals surface area contributed by atoms with Crippen molar-refractivity contribution >= 4 is 11.6 Å². The van der Waals surface area contributed by atoms with Gasteiger partial charge in [0.2, 0.25) is 5.91 Å². The van der Waals surface area contributed by atoms with Crippen LogP contribution in [0.1, 0.15) is 36.8 Å². The SMILES string of the molecule is O=C(CCC1CCCO1)Nc1cccc2c1CNCC2. The molecule has 1 fully saturated rings. The van der Waals surface area contributed by atoms with Crippen molar-refractivity contribution in [3.8, 4) is 0 Å². The molecule has 0 aliphatic carbocycles. The molecule has 3 rings (SSSR count). The average Bonchev–Trinajstić information content (AvgIpc) is 2.99. The Hall–Kier alpha value is -1.39. The van der Waals surface area contributed by atoms with Gasteiger partial charge in [0.1, 0.15) is 0 Å². The molecule has 1 unspecified atom stereocenters. The first-order valence-electron chi connectivity index (χ1n) is 7.56. The molecule has 1 aromatic carbocycles. The highest BCUT2D eigenvalue weighted by atomic mass is 16.5. The maximum atomic E-state index is 12.1. The second-order valence-electron chi connectivity index (χ2n) is 5.59. The molecule has 0 spiro atoms. The largest absolute Gasteiger partial charge is 0.378 e. The van der Waals surface area contributed by atoms with Crippen molar-refractivity contribution in [1.82, 2.24) is 5.32 Å². The minimum Gasteiger partial charge on any atom is -0.378 e. The highest BCUT2D eigenvalue weighted by Gasteiger charge is 2.18. The van der Waals surface area contributed by atoms with E-state index in [-0.39, 0.29) is 12.0 Å². The standard InChI is InChI=1S/C16H22N2O2/c19-16(7-6-13-4-2-10-20-13)18-15-5-1-3-12-8-9-17-11-14(12)15/h1,3,5,13,17H,2,4,6-11H2,(H,18,19). The number of fused-ring (bicyclic) bond motifs is 1. The van der Waals surface area contributed by atoms with Crippen molar-refractivity contribution in [1.29, 1.82) is 0 Å². The summed E-state index contributed by atoms with van der Waals surface area (Å²) >= 11 is 0. The number of carbonyl (C=O) groups is 1. The second-order valence-corrected chi connectivity index (χ2v) is 5.59. The predicted octanol–water partition coefficient (Wildman–Crippen LogP) is 2.23. The van der Waals surface area contributed by atoms with Crippen LogP contribution < -0.4 is 10.6 Å². The zero-order valence-corrected chi connectivity index (χ0v) is 11.8. The summed E-state index contributed by atoms with van der Waals surface area (Å²) < 4.78 is 5.55. The van der Waals surface area contributed by atoms with Gasteiger partial charge in [0, 0.05) is 25.3 Å². The van der Waals surface area contributed by atoms with E-state index in [4.69, 9.17) is 4.74 Å². The minimum atomic E-state index is 0.0967. The van der Waals surface area contributed by atoms with E-state index in [0.717, 1.165) is 51.1 Å². The number of amides is 1. The van der Waals surface area contributed by atoms with E-state index in [0.29, 0.717) is 6.42 Å². The first-order valence-corrected chi connectivity index (χ1v) is 7.56. The Morgan fingerprint density at radius 3 is 3.25 bits per heavy atom. The van der Waals surface area contributed by atoms with E-state index in [1.54, 1.807) is 0 Å². The number of anilines is 1. The Morgan fingerprint density at radius 2 is 2.40 bits per heavy atom. The van der Waals surface area contributed by atoms with Gasteiger partial charge in [0.05, 0.1) is 6.10 Å². The quantitative estimate of drug-likeness (QED) is 0.885. The molecule has 1 amide bonds. The van der Waals surface area contributed by atoms with Crippen LogP contribution in [0.15, 0.2) is 18.2 Å². The molecular weight excluding hydrogens is 252 g/mol. The van der Waals surface area contributed by atoms with Crippen molar-refractivity contribution in [3.05, 3.63) is 29.3 Å². The van der Waals surface area contributed by atoms with Crippen LogP contribution in [0.2, 0.25) is 0 Å². The van der Waals surface area contributed by atoms with Gasteiger partial charge in [0.25, 0.3) is 0 Å². The van der Waals surface area contributed by atoms with Crippen molar-refractivity contribution in [2.75, 3.05) is 18.5 Å². The molecular formula is C16H22N2O2. The van der Waals surface area contributed by atoms with Crippen molar-refractivity contribution in [3.63, 3.8) is 0 Å².